The molecule has 9 heteroatoms. The van der Waals surface area contributed by atoms with E-state index < -0.39 is 48.3 Å². The maximum Gasteiger partial charge on any atom is 0.407 e. The highest BCUT2D eigenvalue weighted by Crippen LogP contribution is 2.44. The van der Waals surface area contributed by atoms with Crippen LogP contribution in [0.1, 0.15) is 43.2 Å². The minimum Gasteiger partial charge on any atom is -0.481 e. The Balaban J connectivity index is 1.40. The fourth-order valence-electron chi connectivity index (χ4n) is 4.58. The lowest BCUT2D eigenvalue weighted by atomic mass is 9.98. The maximum absolute atomic E-state index is 15.0. The van der Waals surface area contributed by atoms with Crippen LogP contribution in [0.2, 0.25) is 0 Å². The summed E-state index contributed by atoms with van der Waals surface area (Å²) in [7, 11) is 0. The molecule has 2 aromatic carbocycles. The summed E-state index contributed by atoms with van der Waals surface area (Å²) in [6, 6.07) is 13.8. The lowest BCUT2D eigenvalue weighted by Gasteiger charge is -2.27. The van der Waals surface area contributed by atoms with E-state index in [9.17, 15) is 23.2 Å². The van der Waals surface area contributed by atoms with Crippen molar-refractivity contribution in [3.8, 4) is 11.1 Å². The molecule has 2 aromatic rings. The summed E-state index contributed by atoms with van der Waals surface area (Å²) in [5.74, 6) is -8.44. The third-order valence-corrected chi connectivity index (χ3v) is 6.75. The lowest BCUT2D eigenvalue weighted by molar-refractivity contribution is -0.151. The molecule has 0 spiro atoms. The van der Waals surface area contributed by atoms with Gasteiger partial charge in [-0.2, -0.15) is 8.78 Å². The zero-order valence-electron chi connectivity index (χ0n) is 19.3. The van der Waals surface area contributed by atoms with Crippen molar-refractivity contribution in [1.82, 2.24) is 10.6 Å². The molecule has 4 rings (SSSR count). The minimum atomic E-state index is -3.91. The number of hydrogen-bond donors (Lipinski definition) is 3. The first-order valence-corrected chi connectivity index (χ1v) is 11.7. The number of halogens is 2. The molecule has 2 unspecified atom stereocenters. The van der Waals surface area contributed by atoms with Gasteiger partial charge in [-0.3, -0.25) is 9.59 Å². The summed E-state index contributed by atoms with van der Waals surface area (Å²) in [5.41, 5.74) is 4.08. The van der Waals surface area contributed by atoms with Gasteiger partial charge in [0.05, 0.1) is 5.92 Å². The van der Waals surface area contributed by atoms with Gasteiger partial charge in [-0.25, -0.2) is 4.79 Å². The predicted octanol–water partition coefficient (Wildman–Crippen LogP) is 4.17. The van der Waals surface area contributed by atoms with Gasteiger partial charge in [-0.05, 0) is 47.4 Å². The topological polar surface area (TPSA) is 105 Å². The van der Waals surface area contributed by atoms with E-state index in [1.807, 2.05) is 53.8 Å². The summed E-state index contributed by atoms with van der Waals surface area (Å²) in [6.45, 7) is 1.14. The van der Waals surface area contributed by atoms with Crippen LogP contribution >= 0.6 is 0 Å². The smallest absolute Gasteiger partial charge is 0.407 e. The van der Waals surface area contributed by atoms with Gasteiger partial charge in [-0.1, -0.05) is 55.5 Å². The van der Waals surface area contributed by atoms with Crippen LogP contribution in [0, 0.1) is 11.8 Å². The highest BCUT2D eigenvalue weighted by molar-refractivity contribution is 5.86. The predicted molar refractivity (Wildman–Crippen MR) is 124 cm³/mol. The van der Waals surface area contributed by atoms with Gasteiger partial charge in [0, 0.05) is 12.5 Å². The van der Waals surface area contributed by atoms with Crippen molar-refractivity contribution in [3.05, 3.63) is 59.7 Å². The number of aliphatic carboxylic acids is 1. The number of amides is 2. The molecule has 2 atom stereocenters. The number of alkyl carbamates (subject to hydrolysis) is 1. The molecule has 0 bridgehead atoms. The van der Waals surface area contributed by atoms with Gasteiger partial charge in [0.15, 0.2) is 0 Å². The molecule has 0 aliphatic heterocycles. The highest BCUT2D eigenvalue weighted by Gasteiger charge is 2.54. The second-order valence-electron chi connectivity index (χ2n) is 9.06. The van der Waals surface area contributed by atoms with E-state index in [1.54, 1.807) is 6.92 Å². The van der Waals surface area contributed by atoms with E-state index in [4.69, 9.17) is 9.84 Å². The number of benzene rings is 2. The molecule has 0 radical (unpaired) electrons. The number of carboxylic acids is 1. The standard InChI is InChI=1S/C26H28F2N2O5/c1-2-15(23(31)32)13-29-24(33)26(27,28)22(16-11-12-16)30-25(34)35-14-21-19-9-5-3-7-17(19)18-8-4-6-10-20(18)21/h3-10,15-16,21-22H,2,11-14H2,1H3,(H,29,33)(H,30,34)(H,31,32). The fraction of sp³-hybridized carbons (Fsp3) is 0.423. The third-order valence-electron chi connectivity index (χ3n) is 6.75. The molecule has 0 aromatic heterocycles. The first-order valence-electron chi connectivity index (χ1n) is 11.7. The van der Waals surface area contributed by atoms with Crippen LogP contribution in [-0.2, 0) is 14.3 Å². The Hall–Kier alpha value is -3.49. The third kappa shape index (κ3) is 5.13. The Kier molecular flexibility index (Phi) is 7.05. The number of carbonyl (C=O) groups is 3. The molecule has 2 amide bonds. The van der Waals surface area contributed by atoms with E-state index in [0.717, 1.165) is 22.3 Å². The molecular weight excluding hydrogens is 458 g/mol. The fourth-order valence-corrected chi connectivity index (χ4v) is 4.58. The van der Waals surface area contributed by atoms with Crippen molar-refractivity contribution in [1.29, 1.82) is 0 Å². The first-order chi connectivity index (χ1) is 16.7. The molecule has 35 heavy (non-hydrogen) atoms. The lowest BCUT2D eigenvalue weighted by Crippen LogP contribution is -2.57. The second-order valence-corrected chi connectivity index (χ2v) is 9.06. The minimum absolute atomic E-state index is 0.0359. The molecule has 3 N–H and O–H groups in total. The molecule has 2 aliphatic carbocycles. The second kappa shape index (κ2) is 10.0. The molecular formula is C26H28F2N2O5. The van der Waals surface area contributed by atoms with Gasteiger partial charge in [0.2, 0.25) is 0 Å². The van der Waals surface area contributed by atoms with Crippen LogP contribution < -0.4 is 10.6 Å². The van der Waals surface area contributed by atoms with Crippen LogP contribution in [0.4, 0.5) is 13.6 Å². The van der Waals surface area contributed by atoms with Gasteiger partial charge in [-0.15, -0.1) is 0 Å². The number of nitrogens with one attached hydrogen (secondary N) is 2. The highest BCUT2D eigenvalue weighted by atomic mass is 19.3. The molecule has 1 saturated carbocycles. The molecule has 1 fully saturated rings. The van der Waals surface area contributed by atoms with Crippen molar-refractivity contribution < 1.29 is 33.0 Å². The van der Waals surface area contributed by atoms with Crippen LogP contribution in [0.5, 0.6) is 0 Å². The number of rotatable bonds is 10. The Bertz CT molecular complexity index is 1070. The summed E-state index contributed by atoms with van der Waals surface area (Å²) in [4.78, 5) is 35.9. The van der Waals surface area contributed by atoms with E-state index in [-0.39, 0.29) is 18.9 Å². The molecule has 2 aliphatic rings. The SMILES string of the molecule is CCC(CNC(=O)C(F)(F)C(NC(=O)OCC1c2ccccc2-c2ccccc21)C1CC1)C(=O)O. The summed E-state index contributed by atoms with van der Waals surface area (Å²) < 4.78 is 35.4. The van der Waals surface area contributed by atoms with E-state index in [1.165, 1.54) is 0 Å². The Labute approximate surface area is 201 Å². The van der Waals surface area contributed by atoms with E-state index >= 15 is 0 Å². The molecule has 7 nitrogen and oxygen atoms in total. The van der Waals surface area contributed by atoms with Gasteiger partial charge < -0.3 is 20.5 Å². The van der Waals surface area contributed by atoms with Crippen LogP contribution in [0.25, 0.3) is 11.1 Å². The quantitative estimate of drug-likeness (QED) is 0.468. The number of hydrogen-bond acceptors (Lipinski definition) is 4. The Morgan fingerprint density at radius 2 is 1.63 bits per heavy atom. The number of carboxylic acid groups (broad SMARTS) is 1. The first kappa shape index (κ1) is 24.6. The average molecular weight is 487 g/mol. The Morgan fingerprint density at radius 3 is 2.14 bits per heavy atom. The number of fused-ring (bicyclic) bond motifs is 3. The average Bonchev–Trinajstić information content (AvgIpc) is 3.63. The summed E-state index contributed by atoms with van der Waals surface area (Å²) in [6.07, 6.45) is 0.0622. The van der Waals surface area contributed by atoms with Crippen LogP contribution in [0.3, 0.4) is 0 Å². The number of alkyl halides is 2. The van der Waals surface area contributed by atoms with Crippen LogP contribution in [0.15, 0.2) is 48.5 Å². The van der Waals surface area contributed by atoms with E-state index in [2.05, 4.69) is 5.32 Å². The number of carbonyl (C=O) groups excluding carboxylic acids is 2. The monoisotopic (exact) mass is 486 g/mol. The normalized spacial score (nSPS) is 16.5. The largest absolute Gasteiger partial charge is 0.481 e. The number of ether oxygens (including phenoxy) is 1. The molecule has 0 saturated heterocycles. The summed E-state index contributed by atoms with van der Waals surface area (Å²) >= 11 is 0. The van der Waals surface area contributed by atoms with Crippen LogP contribution in [-0.4, -0.2) is 48.2 Å². The van der Waals surface area contributed by atoms with Crippen molar-refractivity contribution in [2.75, 3.05) is 13.2 Å². The van der Waals surface area contributed by atoms with Crippen molar-refractivity contribution >= 4 is 18.0 Å². The Morgan fingerprint density at radius 1 is 1.06 bits per heavy atom. The zero-order chi connectivity index (χ0) is 25.2. The maximum atomic E-state index is 15.0. The zero-order valence-corrected chi connectivity index (χ0v) is 19.3. The van der Waals surface area contributed by atoms with Crippen molar-refractivity contribution in [2.45, 2.75) is 44.1 Å². The molecule has 186 valence electrons. The van der Waals surface area contributed by atoms with E-state index in [0.29, 0.717) is 12.8 Å². The summed E-state index contributed by atoms with van der Waals surface area (Å²) in [5, 5.41) is 13.3. The van der Waals surface area contributed by atoms with Gasteiger partial charge >= 0.3 is 18.0 Å². The van der Waals surface area contributed by atoms with Crippen molar-refractivity contribution in [2.24, 2.45) is 11.8 Å². The van der Waals surface area contributed by atoms with Gasteiger partial charge in [0.25, 0.3) is 5.91 Å². The van der Waals surface area contributed by atoms with Gasteiger partial charge in [0.1, 0.15) is 12.6 Å². The molecule has 0 heterocycles. The van der Waals surface area contributed by atoms with Crippen molar-refractivity contribution in [3.63, 3.8) is 0 Å².